The Balaban J connectivity index is 1.82. The van der Waals surface area contributed by atoms with E-state index in [4.69, 9.17) is 0 Å². The number of hydrogen-bond donors (Lipinski definition) is 0. The van der Waals surface area contributed by atoms with E-state index in [9.17, 15) is 4.79 Å². The Hall–Kier alpha value is -1.41. The molecule has 18 heavy (non-hydrogen) atoms. The van der Waals surface area contributed by atoms with Gasteiger partial charge in [-0.3, -0.25) is 4.79 Å². The molecule has 8 heteroatoms. The van der Waals surface area contributed by atoms with Crippen molar-refractivity contribution in [3.8, 4) is 0 Å². The summed E-state index contributed by atoms with van der Waals surface area (Å²) >= 11 is 2.97. The van der Waals surface area contributed by atoms with Crippen molar-refractivity contribution in [1.29, 1.82) is 0 Å². The molecule has 0 bridgehead atoms. The molecular formula is C10H13N5OS2. The number of aromatic nitrogens is 4. The number of aryl methyl sites for hydroxylation is 1. The molecule has 2 aromatic heterocycles. The molecule has 6 nitrogen and oxygen atoms in total. The first-order valence-corrected chi connectivity index (χ1v) is 7.20. The van der Waals surface area contributed by atoms with E-state index in [1.165, 1.54) is 11.8 Å². The van der Waals surface area contributed by atoms with E-state index in [2.05, 4.69) is 15.5 Å². The van der Waals surface area contributed by atoms with Gasteiger partial charge in [0.1, 0.15) is 0 Å². The second-order valence-corrected chi connectivity index (χ2v) is 5.48. The van der Waals surface area contributed by atoms with Crippen LogP contribution in [-0.4, -0.2) is 43.8 Å². The van der Waals surface area contributed by atoms with Crippen LogP contribution in [0.3, 0.4) is 0 Å². The van der Waals surface area contributed by atoms with Crippen molar-refractivity contribution in [3.05, 3.63) is 22.4 Å². The minimum Gasteiger partial charge on any atom is -0.341 e. The summed E-state index contributed by atoms with van der Waals surface area (Å²) in [6.45, 7) is 0.639. The zero-order valence-electron chi connectivity index (χ0n) is 10.1. The van der Waals surface area contributed by atoms with Gasteiger partial charge in [-0.05, 0) is 32.8 Å². The van der Waals surface area contributed by atoms with Gasteiger partial charge < -0.3 is 4.90 Å². The number of rotatable bonds is 5. The molecule has 0 aliphatic rings. The average molecular weight is 283 g/mol. The monoisotopic (exact) mass is 283 g/mol. The van der Waals surface area contributed by atoms with Gasteiger partial charge >= 0.3 is 0 Å². The maximum Gasteiger partial charge on any atom is 0.233 e. The van der Waals surface area contributed by atoms with E-state index >= 15 is 0 Å². The Kier molecular flexibility index (Phi) is 4.32. The Morgan fingerprint density at radius 1 is 1.61 bits per heavy atom. The molecule has 2 heterocycles. The first-order chi connectivity index (χ1) is 8.66. The Morgan fingerprint density at radius 3 is 3.06 bits per heavy atom. The molecule has 0 radical (unpaired) electrons. The van der Waals surface area contributed by atoms with Crippen LogP contribution in [0.1, 0.15) is 5.56 Å². The van der Waals surface area contributed by atoms with Crippen LogP contribution in [0.15, 0.2) is 22.0 Å². The standard InChI is InChI=1S/C10H13N5OS2/c1-14(5-8-3-4-17-6-8)9(16)7-18-10-11-12-13-15(10)2/h3-4,6H,5,7H2,1-2H3. The van der Waals surface area contributed by atoms with E-state index in [0.29, 0.717) is 17.5 Å². The molecule has 0 fully saturated rings. The van der Waals surface area contributed by atoms with Crippen LogP contribution in [0, 0.1) is 0 Å². The number of thioether (sulfide) groups is 1. The third kappa shape index (κ3) is 3.30. The van der Waals surface area contributed by atoms with E-state index in [1.54, 1.807) is 35.0 Å². The summed E-state index contributed by atoms with van der Waals surface area (Å²) in [6, 6.07) is 2.02. The van der Waals surface area contributed by atoms with Gasteiger partial charge in [-0.1, -0.05) is 11.8 Å². The summed E-state index contributed by atoms with van der Waals surface area (Å²) in [5, 5.41) is 15.8. The van der Waals surface area contributed by atoms with Crippen molar-refractivity contribution < 1.29 is 4.79 Å². The second kappa shape index (κ2) is 5.96. The zero-order valence-corrected chi connectivity index (χ0v) is 11.7. The number of carbonyl (C=O) groups excluding carboxylic acids is 1. The van der Waals surface area contributed by atoms with Crippen molar-refractivity contribution in [2.75, 3.05) is 12.8 Å². The number of carbonyl (C=O) groups is 1. The predicted octanol–water partition coefficient (Wildman–Crippen LogP) is 1.02. The summed E-state index contributed by atoms with van der Waals surface area (Å²) in [6.07, 6.45) is 0. The summed E-state index contributed by atoms with van der Waals surface area (Å²) in [5.74, 6) is 0.406. The number of thiophene rings is 1. The minimum atomic E-state index is 0.0641. The molecule has 0 saturated heterocycles. The van der Waals surface area contributed by atoms with Crippen LogP contribution in [0.5, 0.6) is 0 Å². The minimum absolute atomic E-state index is 0.0641. The molecule has 1 amide bonds. The highest BCUT2D eigenvalue weighted by molar-refractivity contribution is 7.99. The Labute approximate surface area is 113 Å². The van der Waals surface area contributed by atoms with Crippen molar-refractivity contribution >= 4 is 29.0 Å². The number of tetrazole rings is 1. The molecule has 0 spiro atoms. The predicted molar refractivity (Wildman–Crippen MR) is 70.3 cm³/mol. The highest BCUT2D eigenvalue weighted by Crippen LogP contribution is 2.14. The quantitative estimate of drug-likeness (QED) is 0.767. The molecule has 0 N–H and O–H groups in total. The summed E-state index contributed by atoms with van der Waals surface area (Å²) < 4.78 is 1.55. The van der Waals surface area contributed by atoms with E-state index in [1.807, 2.05) is 16.8 Å². The van der Waals surface area contributed by atoms with Crippen LogP contribution in [0.4, 0.5) is 0 Å². The van der Waals surface area contributed by atoms with Gasteiger partial charge in [0.2, 0.25) is 11.1 Å². The van der Waals surface area contributed by atoms with Crippen molar-refractivity contribution in [1.82, 2.24) is 25.1 Å². The average Bonchev–Trinajstić information content (AvgIpc) is 2.98. The fourth-order valence-electron chi connectivity index (χ4n) is 1.32. The van der Waals surface area contributed by atoms with Crippen LogP contribution in [0.2, 0.25) is 0 Å². The molecule has 0 atom stereocenters. The zero-order chi connectivity index (χ0) is 13.0. The summed E-state index contributed by atoms with van der Waals surface area (Å²) in [7, 11) is 3.55. The van der Waals surface area contributed by atoms with Crippen LogP contribution >= 0.6 is 23.1 Å². The van der Waals surface area contributed by atoms with Crippen LogP contribution in [-0.2, 0) is 18.4 Å². The second-order valence-electron chi connectivity index (χ2n) is 3.76. The van der Waals surface area contributed by atoms with Gasteiger partial charge in [0.25, 0.3) is 0 Å². The molecule has 96 valence electrons. The molecular weight excluding hydrogens is 270 g/mol. The van der Waals surface area contributed by atoms with Gasteiger partial charge in [0.15, 0.2) is 0 Å². The molecule has 2 aromatic rings. The Bertz CT molecular complexity index is 510. The van der Waals surface area contributed by atoms with Gasteiger partial charge in [-0.15, -0.1) is 5.10 Å². The van der Waals surface area contributed by atoms with E-state index in [-0.39, 0.29) is 5.91 Å². The van der Waals surface area contributed by atoms with Crippen molar-refractivity contribution in [3.63, 3.8) is 0 Å². The molecule has 0 aromatic carbocycles. The first-order valence-electron chi connectivity index (χ1n) is 5.27. The van der Waals surface area contributed by atoms with Crippen molar-refractivity contribution in [2.45, 2.75) is 11.7 Å². The lowest BCUT2D eigenvalue weighted by Crippen LogP contribution is -2.27. The Morgan fingerprint density at radius 2 is 2.44 bits per heavy atom. The molecule has 0 aliphatic heterocycles. The highest BCUT2D eigenvalue weighted by atomic mass is 32.2. The maximum absolute atomic E-state index is 11.9. The molecule has 0 unspecified atom stereocenters. The fraction of sp³-hybridized carbons (Fsp3) is 0.400. The lowest BCUT2D eigenvalue weighted by atomic mass is 10.3. The largest absolute Gasteiger partial charge is 0.341 e. The normalized spacial score (nSPS) is 10.6. The third-order valence-electron chi connectivity index (χ3n) is 2.33. The van der Waals surface area contributed by atoms with Crippen LogP contribution in [0.25, 0.3) is 0 Å². The van der Waals surface area contributed by atoms with Gasteiger partial charge in [-0.25, -0.2) is 4.68 Å². The van der Waals surface area contributed by atoms with Crippen LogP contribution < -0.4 is 0 Å². The lowest BCUT2D eigenvalue weighted by Gasteiger charge is -2.15. The topological polar surface area (TPSA) is 63.9 Å². The third-order valence-corrected chi connectivity index (χ3v) is 4.06. The maximum atomic E-state index is 11.9. The van der Waals surface area contributed by atoms with Gasteiger partial charge in [0, 0.05) is 20.6 Å². The van der Waals surface area contributed by atoms with E-state index in [0.717, 1.165) is 5.56 Å². The lowest BCUT2D eigenvalue weighted by molar-refractivity contribution is -0.127. The number of amides is 1. The molecule has 2 rings (SSSR count). The number of hydrogen-bond acceptors (Lipinski definition) is 6. The fourth-order valence-corrected chi connectivity index (χ4v) is 2.78. The SMILES string of the molecule is CN(Cc1ccsc1)C(=O)CSc1nnnn1C. The summed E-state index contributed by atoms with van der Waals surface area (Å²) in [5.41, 5.74) is 1.15. The smallest absolute Gasteiger partial charge is 0.233 e. The highest BCUT2D eigenvalue weighted by Gasteiger charge is 2.12. The van der Waals surface area contributed by atoms with Crippen molar-refractivity contribution in [2.24, 2.45) is 7.05 Å². The van der Waals surface area contributed by atoms with E-state index < -0.39 is 0 Å². The number of nitrogens with zero attached hydrogens (tertiary/aromatic N) is 5. The molecule has 0 aliphatic carbocycles. The van der Waals surface area contributed by atoms with Gasteiger partial charge in [0.05, 0.1) is 5.75 Å². The summed E-state index contributed by atoms with van der Waals surface area (Å²) in [4.78, 5) is 13.6. The molecule has 0 saturated carbocycles. The van der Waals surface area contributed by atoms with Gasteiger partial charge in [-0.2, -0.15) is 11.3 Å². The first kappa shape index (κ1) is 13.0.